The maximum Gasteiger partial charge on any atom is 0.243 e. The number of carbonyl (C=O) groups is 1. The SMILES string of the molecule is Cl.NCC1(C(=O)N2CCN(S(=O)(=O)c3ccccc3)CC2)CCOCC1. The van der Waals surface area contributed by atoms with Crippen molar-refractivity contribution in [2.75, 3.05) is 45.9 Å². The van der Waals surface area contributed by atoms with Crippen molar-refractivity contribution in [1.29, 1.82) is 0 Å². The van der Waals surface area contributed by atoms with Crippen LogP contribution in [0.4, 0.5) is 0 Å². The average Bonchev–Trinajstić information content (AvgIpc) is 2.68. The Bertz CT molecular complexity index is 700. The third kappa shape index (κ3) is 4.04. The molecule has 146 valence electrons. The van der Waals surface area contributed by atoms with Crippen LogP contribution in [0.5, 0.6) is 0 Å². The van der Waals surface area contributed by atoms with Gasteiger partial charge in [-0.05, 0) is 25.0 Å². The van der Waals surface area contributed by atoms with Gasteiger partial charge in [-0.15, -0.1) is 12.4 Å². The second kappa shape index (κ2) is 8.67. The van der Waals surface area contributed by atoms with E-state index in [0.29, 0.717) is 58.8 Å². The number of hydrogen-bond acceptors (Lipinski definition) is 5. The van der Waals surface area contributed by atoms with E-state index < -0.39 is 15.4 Å². The zero-order chi connectivity index (χ0) is 17.9. The summed E-state index contributed by atoms with van der Waals surface area (Å²) in [4.78, 5) is 15.0. The molecule has 0 atom stereocenters. The number of ether oxygens (including phenoxy) is 1. The second-order valence-corrected chi connectivity index (χ2v) is 8.54. The second-order valence-electron chi connectivity index (χ2n) is 6.61. The van der Waals surface area contributed by atoms with E-state index in [4.69, 9.17) is 10.5 Å². The number of amides is 1. The van der Waals surface area contributed by atoms with Gasteiger partial charge in [-0.3, -0.25) is 4.79 Å². The Morgan fingerprint density at radius 3 is 2.19 bits per heavy atom. The number of nitrogens with zero attached hydrogens (tertiary/aromatic N) is 2. The summed E-state index contributed by atoms with van der Waals surface area (Å²) < 4.78 is 32.2. The van der Waals surface area contributed by atoms with E-state index in [9.17, 15) is 13.2 Å². The van der Waals surface area contributed by atoms with Crippen LogP contribution in [0.3, 0.4) is 0 Å². The Balaban J connectivity index is 0.00000243. The van der Waals surface area contributed by atoms with Crippen molar-refractivity contribution >= 4 is 28.3 Å². The smallest absolute Gasteiger partial charge is 0.243 e. The van der Waals surface area contributed by atoms with E-state index in [1.165, 1.54) is 4.31 Å². The standard InChI is InChI=1S/C17H25N3O4S.ClH/c18-14-17(6-12-24-13-7-17)16(21)19-8-10-20(11-9-19)25(22,23)15-4-2-1-3-5-15;/h1-5H,6-14,18H2;1H. The minimum absolute atomic E-state index is 0. The first-order valence-electron chi connectivity index (χ1n) is 8.62. The van der Waals surface area contributed by atoms with Gasteiger partial charge in [0.2, 0.25) is 15.9 Å². The molecule has 2 saturated heterocycles. The van der Waals surface area contributed by atoms with E-state index in [0.717, 1.165) is 0 Å². The third-order valence-electron chi connectivity index (χ3n) is 5.20. The van der Waals surface area contributed by atoms with Crippen LogP contribution >= 0.6 is 12.4 Å². The highest BCUT2D eigenvalue weighted by atomic mass is 35.5. The van der Waals surface area contributed by atoms with Crippen LogP contribution in [0.25, 0.3) is 0 Å². The maximum absolute atomic E-state index is 13.0. The van der Waals surface area contributed by atoms with E-state index in [1.807, 2.05) is 0 Å². The Labute approximate surface area is 160 Å². The molecule has 0 aliphatic carbocycles. The number of sulfonamides is 1. The van der Waals surface area contributed by atoms with Crippen LogP contribution in [-0.2, 0) is 19.6 Å². The van der Waals surface area contributed by atoms with Crippen LogP contribution in [0.2, 0.25) is 0 Å². The molecule has 3 rings (SSSR count). The highest BCUT2D eigenvalue weighted by Crippen LogP contribution is 2.32. The number of halogens is 1. The average molecular weight is 404 g/mol. The molecule has 26 heavy (non-hydrogen) atoms. The van der Waals surface area contributed by atoms with Crippen LogP contribution in [-0.4, -0.2) is 69.5 Å². The van der Waals surface area contributed by atoms with Gasteiger partial charge in [-0.2, -0.15) is 4.31 Å². The number of benzene rings is 1. The molecule has 2 fully saturated rings. The van der Waals surface area contributed by atoms with Crippen molar-refractivity contribution in [2.45, 2.75) is 17.7 Å². The minimum Gasteiger partial charge on any atom is -0.381 e. The van der Waals surface area contributed by atoms with E-state index in [-0.39, 0.29) is 23.2 Å². The third-order valence-corrected chi connectivity index (χ3v) is 7.11. The summed E-state index contributed by atoms with van der Waals surface area (Å²) in [5.41, 5.74) is 5.35. The van der Waals surface area contributed by atoms with Gasteiger partial charge in [0, 0.05) is 45.9 Å². The molecule has 0 radical (unpaired) electrons. The molecule has 9 heteroatoms. The Morgan fingerprint density at radius 2 is 1.65 bits per heavy atom. The summed E-state index contributed by atoms with van der Waals surface area (Å²) in [6.45, 7) is 2.80. The molecule has 2 aliphatic heterocycles. The summed E-state index contributed by atoms with van der Waals surface area (Å²) in [7, 11) is -3.51. The van der Waals surface area contributed by atoms with Crippen molar-refractivity contribution in [3.05, 3.63) is 30.3 Å². The van der Waals surface area contributed by atoms with E-state index in [2.05, 4.69) is 0 Å². The number of rotatable bonds is 4. The van der Waals surface area contributed by atoms with Gasteiger partial charge in [0.1, 0.15) is 0 Å². The summed E-state index contributed by atoms with van der Waals surface area (Å²) in [5, 5.41) is 0. The number of piperazine rings is 1. The summed E-state index contributed by atoms with van der Waals surface area (Å²) in [5.74, 6) is 0.0371. The zero-order valence-electron chi connectivity index (χ0n) is 14.7. The molecule has 0 saturated carbocycles. The van der Waals surface area contributed by atoms with Gasteiger partial charge in [0.15, 0.2) is 0 Å². The number of carbonyl (C=O) groups excluding carboxylic acids is 1. The summed E-state index contributed by atoms with van der Waals surface area (Å²) >= 11 is 0. The Kier molecular flexibility index (Phi) is 7.04. The molecule has 0 bridgehead atoms. The van der Waals surface area contributed by atoms with Gasteiger partial charge in [0.25, 0.3) is 0 Å². The molecular formula is C17H26ClN3O4S. The van der Waals surface area contributed by atoms with Crippen LogP contribution in [0.1, 0.15) is 12.8 Å². The highest BCUT2D eigenvalue weighted by molar-refractivity contribution is 7.89. The molecule has 0 spiro atoms. The lowest BCUT2D eigenvalue weighted by atomic mass is 9.78. The molecular weight excluding hydrogens is 378 g/mol. The van der Waals surface area contributed by atoms with Gasteiger partial charge in [0.05, 0.1) is 10.3 Å². The van der Waals surface area contributed by atoms with Crippen LogP contribution < -0.4 is 5.73 Å². The summed E-state index contributed by atoms with van der Waals surface area (Å²) in [6, 6.07) is 8.40. The van der Waals surface area contributed by atoms with Gasteiger partial charge < -0.3 is 15.4 Å². The van der Waals surface area contributed by atoms with Crippen LogP contribution in [0.15, 0.2) is 35.2 Å². The molecule has 2 heterocycles. The zero-order valence-corrected chi connectivity index (χ0v) is 16.3. The topological polar surface area (TPSA) is 92.9 Å². The molecule has 1 amide bonds. The fourth-order valence-corrected chi connectivity index (χ4v) is 4.92. The molecule has 2 N–H and O–H groups in total. The van der Waals surface area contributed by atoms with E-state index >= 15 is 0 Å². The lowest BCUT2D eigenvalue weighted by molar-refractivity contribution is -0.148. The largest absolute Gasteiger partial charge is 0.381 e. The first kappa shape index (κ1) is 21.1. The quantitative estimate of drug-likeness (QED) is 0.798. The molecule has 1 aromatic rings. The number of nitrogens with two attached hydrogens (primary N) is 1. The predicted octanol–water partition coefficient (Wildman–Crippen LogP) is 0.697. The molecule has 1 aromatic carbocycles. The van der Waals surface area contributed by atoms with Crippen molar-refractivity contribution in [3.63, 3.8) is 0 Å². The lowest BCUT2D eigenvalue weighted by Crippen LogP contribution is -2.57. The van der Waals surface area contributed by atoms with Crippen molar-refractivity contribution in [1.82, 2.24) is 9.21 Å². The predicted molar refractivity (Wildman–Crippen MR) is 101 cm³/mol. The first-order valence-corrected chi connectivity index (χ1v) is 10.1. The molecule has 7 nitrogen and oxygen atoms in total. The van der Waals surface area contributed by atoms with Gasteiger partial charge in [-0.1, -0.05) is 18.2 Å². The molecule has 0 aromatic heterocycles. The van der Waals surface area contributed by atoms with Crippen molar-refractivity contribution < 1.29 is 17.9 Å². The highest BCUT2D eigenvalue weighted by Gasteiger charge is 2.42. The maximum atomic E-state index is 13.0. The first-order chi connectivity index (χ1) is 12.0. The lowest BCUT2D eigenvalue weighted by Gasteiger charge is -2.42. The van der Waals surface area contributed by atoms with Crippen molar-refractivity contribution in [2.24, 2.45) is 11.1 Å². The Morgan fingerprint density at radius 1 is 1.08 bits per heavy atom. The van der Waals surface area contributed by atoms with Crippen molar-refractivity contribution in [3.8, 4) is 0 Å². The monoisotopic (exact) mass is 403 g/mol. The van der Waals surface area contributed by atoms with E-state index in [1.54, 1.807) is 35.2 Å². The van der Waals surface area contributed by atoms with Gasteiger partial charge in [-0.25, -0.2) is 8.42 Å². The molecule has 0 unspecified atom stereocenters. The van der Waals surface area contributed by atoms with Crippen LogP contribution in [0, 0.1) is 5.41 Å². The summed E-state index contributed by atoms with van der Waals surface area (Å²) in [6.07, 6.45) is 1.26. The fraction of sp³-hybridized carbons (Fsp3) is 0.588. The minimum atomic E-state index is -3.51. The number of hydrogen-bond donors (Lipinski definition) is 1. The fourth-order valence-electron chi connectivity index (χ4n) is 3.48. The van der Waals surface area contributed by atoms with Gasteiger partial charge >= 0.3 is 0 Å². The Hall–Kier alpha value is -1.19. The molecule has 2 aliphatic rings. The normalized spacial score (nSPS) is 21.0.